The van der Waals surface area contributed by atoms with Crippen molar-refractivity contribution in [1.82, 2.24) is 5.16 Å². The van der Waals surface area contributed by atoms with Crippen LogP contribution in [0.4, 0.5) is 0 Å². The second-order valence-corrected chi connectivity index (χ2v) is 3.31. The molecule has 5 heteroatoms. The molecule has 1 aromatic heterocycles. The summed E-state index contributed by atoms with van der Waals surface area (Å²) < 4.78 is 4.94. The third-order valence-electron chi connectivity index (χ3n) is 1.97. The van der Waals surface area contributed by atoms with Gasteiger partial charge in [0.25, 0.3) is 0 Å². The maximum absolute atomic E-state index is 10.8. The summed E-state index contributed by atoms with van der Waals surface area (Å²) in [7, 11) is 0. The third-order valence-corrected chi connectivity index (χ3v) is 2.28. The minimum Gasteiger partial charge on any atom is -0.478 e. The van der Waals surface area contributed by atoms with Crippen molar-refractivity contribution >= 4 is 28.5 Å². The molecule has 1 heterocycles. The molecule has 0 saturated heterocycles. The average Bonchev–Trinajstić information content (AvgIpc) is 2.46. The molecule has 0 aliphatic rings. The number of carbonyl (C=O) groups is 1. The van der Waals surface area contributed by atoms with Gasteiger partial charge >= 0.3 is 5.97 Å². The Morgan fingerprint density at radius 1 is 1.57 bits per heavy atom. The number of aromatic carboxylic acids is 1. The van der Waals surface area contributed by atoms with Crippen molar-refractivity contribution in [2.24, 2.45) is 0 Å². The molecule has 1 aromatic carbocycles. The summed E-state index contributed by atoms with van der Waals surface area (Å²) in [6.07, 6.45) is 0. The minimum absolute atomic E-state index is 0.0606. The smallest absolute Gasteiger partial charge is 0.337 e. The van der Waals surface area contributed by atoms with Crippen LogP contribution >= 0.6 is 11.6 Å². The van der Waals surface area contributed by atoms with E-state index in [1.54, 1.807) is 6.92 Å². The second-order valence-electron chi connectivity index (χ2n) is 2.90. The number of hydrogen-bond acceptors (Lipinski definition) is 3. The molecular formula is C9H6ClNO3. The van der Waals surface area contributed by atoms with Crippen LogP contribution in [-0.2, 0) is 0 Å². The average molecular weight is 212 g/mol. The molecule has 0 aliphatic carbocycles. The number of aryl methyl sites for hydroxylation is 1. The zero-order chi connectivity index (χ0) is 10.3. The van der Waals surface area contributed by atoms with Gasteiger partial charge in [-0.05, 0) is 13.0 Å². The van der Waals surface area contributed by atoms with Crippen LogP contribution < -0.4 is 0 Å². The number of halogens is 1. The Bertz CT molecular complexity index is 518. The molecule has 0 aliphatic heterocycles. The lowest BCUT2D eigenvalue weighted by atomic mass is 10.1. The van der Waals surface area contributed by atoms with Crippen LogP contribution in [0.5, 0.6) is 0 Å². The number of carboxylic acid groups (broad SMARTS) is 1. The normalized spacial score (nSPS) is 10.7. The number of aromatic nitrogens is 1. The lowest BCUT2D eigenvalue weighted by molar-refractivity contribution is 0.0697. The van der Waals surface area contributed by atoms with Gasteiger partial charge in [0.2, 0.25) is 0 Å². The molecular weight excluding hydrogens is 206 g/mol. The monoisotopic (exact) mass is 211 g/mol. The quantitative estimate of drug-likeness (QED) is 0.787. The van der Waals surface area contributed by atoms with Gasteiger partial charge in [-0.1, -0.05) is 16.8 Å². The summed E-state index contributed by atoms with van der Waals surface area (Å²) in [6, 6.07) is 2.92. The van der Waals surface area contributed by atoms with Crippen molar-refractivity contribution < 1.29 is 14.4 Å². The Kier molecular flexibility index (Phi) is 1.93. The number of rotatable bonds is 1. The molecule has 0 spiro atoms. The molecule has 2 rings (SSSR count). The fraction of sp³-hybridized carbons (Fsp3) is 0.111. The molecule has 14 heavy (non-hydrogen) atoms. The third kappa shape index (κ3) is 1.24. The van der Waals surface area contributed by atoms with Crippen molar-refractivity contribution in [1.29, 1.82) is 0 Å². The molecule has 1 N–H and O–H groups in total. The van der Waals surface area contributed by atoms with Crippen molar-refractivity contribution in [3.05, 3.63) is 28.4 Å². The SMILES string of the molecule is Cc1noc2cc(Cl)c(C(=O)O)cc12. The van der Waals surface area contributed by atoms with E-state index < -0.39 is 5.97 Å². The molecule has 0 amide bonds. The van der Waals surface area contributed by atoms with Crippen LogP contribution in [0.3, 0.4) is 0 Å². The fourth-order valence-electron chi connectivity index (χ4n) is 1.24. The predicted molar refractivity (Wildman–Crippen MR) is 50.7 cm³/mol. The maximum atomic E-state index is 10.8. The number of hydrogen-bond donors (Lipinski definition) is 1. The Hall–Kier alpha value is -1.55. The van der Waals surface area contributed by atoms with Crippen LogP contribution in [-0.4, -0.2) is 16.2 Å². The first kappa shape index (κ1) is 9.02. The van der Waals surface area contributed by atoms with E-state index >= 15 is 0 Å². The lowest BCUT2D eigenvalue weighted by Crippen LogP contribution is -1.96. The molecule has 0 bridgehead atoms. The van der Waals surface area contributed by atoms with E-state index in [1.807, 2.05) is 0 Å². The standard InChI is InChI=1S/C9H6ClNO3/c1-4-5-2-6(9(12)13)7(10)3-8(5)14-11-4/h2-3H,1H3,(H,12,13). The van der Waals surface area contributed by atoms with Crippen LogP contribution in [0.15, 0.2) is 16.7 Å². The first-order chi connectivity index (χ1) is 6.59. The van der Waals surface area contributed by atoms with Crippen LogP contribution in [0.1, 0.15) is 16.1 Å². The Balaban J connectivity index is 2.80. The molecule has 72 valence electrons. The molecule has 0 fully saturated rings. The molecule has 0 radical (unpaired) electrons. The summed E-state index contributed by atoms with van der Waals surface area (Å²) in [5.41, 5.74) is 1.21. The van der Waals surface area contributed by atoms with Gasteiger partial charge in [0.05, 0.1) is 16.3 Å². The van der Waals surface area contributed by atoms with E-state index in [1.165, 1.54) is 12.1 Å². The van der Waals surface area contributed by atoms with Gasteiger partial charge in [-0.25, -0.2) is 4.79 Å². The van der Waals surface area contributed by atoms with Crippen molar-refractivity contribution in [2.75, 3.05) is 0 Å². The second kappa shape index (κ2) is 2.99. The number of benzene rings is 1. The topological polar surface area (TPSA) is 63.3 Å². The Labute approximate surface area is 84.1 Å². The van der Waals surface area contributed by atoms with Gasteiger partial charge in [0.15, 0.2) is 5.58 Å². The van der Waals surface area contributed by atoms with E-state index in [0.29, 0.717) is 16.7 Å². The van der Waals surface area contributed by atoms with Crippen molar-refractivity contribution in [3.63, 3.8) is 0 Å². The van der Waals surface area contributed by atoms with E-state index in [2.05, 4.69) is 5.16 Å². The predicted octanol–water partition coefficient (Wildman–Crippen LogP) is 2.49. The summed E-state index contributed by atoms with van der Waals surface area (Å²) in [5.74, 6) is -1.06. The molecule has 0 saturated carbocycles. The number of carboxylic acids is 1. The van der Waals surface area contributed by atoms with Gasteiger partial charge < -0.3 is 9.63 Å². The number of fused-ring (bicyclic) bond motifs is 1. The summed E-state index contributed by atoms with van der Waals surface area (Å²) >= 11 is 5.74. The summed E-state index contributed by atoms with van der Waals surface area (Å²) in [6.45, 7) is 1.74. The van der Waals surface area contributed by atoms with Gasteiger partial charge in [-0.15, -0.1) is 0 Å². The van der Waals surface area contributed by atoms with E-state index in [-0.39, 0.29) is 10.6 Å². The van der Waals surface area contributed by atoms with E-state index in [0.717, 1.165) is 0 Å². The van der Waals surface area contributed by atoms with E-state index in [4.69, 9.17) is 21.2 Å². The van der Waals surface area contributed by atoms with Gasteiger partial charge in [-0.2, -0.15) is 0 Å². The first-order valence-corrected chi connectivity index (χ1v) is 4.26. The zero-order valence-corrected chi connectivity index (χ0v) is 8.00. The first-order valence-electron chi connectivity index (χ1n) is 3.88. The summed E-state index contributed by atoms with van der Waals surface area (Å²) in [4.78, 5) is 10.8. The van der Waals surface area contributed by atoms with Crippen LogP contribution in [0, 0.1) is 6.92 Å². The van der Waals surface area contributed by atoms with Crippen molar-refractivity contribution in [3.8, 4) is 0 Å². The minimum atomic E-state index is -1.06. The fourth-order valence-corrected chi connectivity index (χ4v) is 1.48. The van der Waals surface area contributed by atoms with Crippen LogP contribution in [0.2, 0.25) is 5.02 Å². The maximum Gasteiger partial charge on any atom is 0.337 e. The summed E-state index contributed by atoms with van der Waals surface area (Å²) in [5, 5.41) is 13.4. The molecule has 4 nitrogen and oxygen atoms in total. The molecule has 0 unspecified atom stereocenters. The number of nitrogens with zero attached hydrogens (tertiary/aromatic N) is 1. The van der Waals surface area contributed by atoms with Gasteiger partial charge in [0, 0.05) is 11.5 Å². The lowest BCUT2D eigenvalue weighted by Gasteiger charge is -1.97. The van der Waals surface area contributed by atoms with Gasteiger partial charge in [-0.3, -0.25) is 0 Å². The van der Waals surface area contributed by atoms with Gasteiger partial charge in [0.1, 0.15) is 0 Å². The highest BCUT2D eigenvalue weighted by Gasteiger charge is 2.13. The molecule has 0 atom stereocenters. The van der Waals surface area contributed by atoms with Crippen LogP contribution in [0.25, 0.3) is 11.0 Å². The molecule has 2 aromatic rings. The zero-order valence-electron chi connectivity index (χ0n) is 7.24. The highest BCUT2D eigenvalue weighted by molar-refractivity contribution is 6.34. The largest absolute Gasteiger partial charge is 0.478 e. The Morgan fingerprint density at radius 2 is 2.29 bits per heavy atom. The Morgan fingerprint density at radius 3 is 2.93 bits per heavy atom. The van der Waals surface area contributed by atoms with Crippen molar-refractivity contribution in [2.45, 2.75) is 6.92 Å². The highest BCUT2D eigenvalue weighted by Crippen LogP contribution is 2.25. The van der Waals surface area contributed by atoms with E-state index in [9.17, 15) is 4.79 Å². The highest BCUT2D eigenvalue weighted by atomic mass is 35.5.